The Hall–Kier alpha value is -0.940. The summed E-state index contributed by atoms with van der Waals surface area (Å²) in [7, 11) is 1.87. The van der Waals surface area contributed by atoms with Crippen molar-refractivity contribution in [2.24, 2.45) is 17.0 Å². The second-order valence-corrected chi connectivity index (χ2v) is 5.78. The fraction of sp³-hybridized carbons (Fsp3) is 0.867. The molecular weight excluding hydrogens is 256 g/mol. The van der Waals surface area contributed by atoms with Crippen LogP contribution in [0.2, 0.25) is 0 Å². The summed E-state index contributed by atoms with van der Waals surface area (Å²) in [5, 5.41) is 14.3. The number of ketones is 1. The van der Waals surface area contributed by atoms with E-state index >= 15 is 0 Å². The fourth-order valence-electron chi connectivity index (χ4n) is 1.86. The van der Waals surface area contributed by atoms with Crippen molar-refractivity contribution in [1.82, 2.24) is 4.90 Å². The van der Waals surface area contributed by atoms with Crippen LogP contribution in [0.1, 0.15) is 41.5 Å². The molecule has 0 aliphatic heterocycles. The summed E-state index contributed by atoms with van der Waals surface area (Å²) in [6.45, 7) is 11.9. The van der Waals surface area contributed by atoms with Crippen LogP contribution in [0, 0.1) is 11.8 Å². The summed E-state index contributed by atoms with van der Waals surface area (Å²) in [6.07, 6.45) is 0.754. The number of Topliss-reactive ketones (excluding diaryl/α,β-unsaturated/α-hetero) is 1. The lowest BCUT2D eigenvalue weighted by Gasteiger charge is -2.36. The molecule has 0 fully saturated rings. The number of likely N-dealkylation sites (N-methyl/N-ethyl adjacent to an activating group) is 1. The van der Waals surface area contributed by atoms with Gasteiger partial charge in [0.2, 0.25) is 0 Å². The highest BCUT2D eigenvalue weighted by Crippen LogP contribution is 2.17. The highest BCUT2D eigenvalue weighted by Gasteiger charge is 2.35. The summed E-state index contributed by atoms with van der Waals surface area (Å²) in [6, 6.07) is -0.355. The molecule has 118 valence electrons. The third-order valence-corrected chi connectivity index (χ3v) is 3.48. The first kappa shape index (κ1) is 19.1. The van der Waals surface area contributed by atoms with E-state index in [0.29, 0.717) is 6.61 Å². The Balaban J connectivity index is 5.06. The maximum Gasteiger partial charge on any atom is 0.155 e. The van der Waals surface area contributed by atoms with Crippen molar-refractivity contribution >= 4 is 12.0 Å². The van der Waals surface area contributed by atoms with E-state index in [4.69, 9.17) is 4.84 Å². The van der Waals surface area contributed by atoms with Gasteiger partial charge in [-0.25, -0.2) is 0 Å². The van der Waals surface area contributed by atoms with Gasteiger partial charge in [-0.2, -0.15) is 0 Å². The van der Waals surface area contributed by atoms with Crippen molar-refractivity contribution in [3.8, 4) is 0 Å². The Bertz CT molecular complexity index is 316. The van der Waals surface area contributed by atoms with Crippen molar-refractivity contribution in [2.45, 2.75) is 59.7 Å². The quantitative estimate of drug-likeness (QED) is 0.520. The molecule has 20 heavy (non-hydrogen) atoms. The van der Waals surface area contributed by atoms with Crippen molar-refractivity contribution in [2.75, 3.05) is 13.7 Å². The monoisotopic (exact) mass is 286 g/mol. The van der Waals surface area contributed by atoms with Gasteiger partial charge < -0.3 is 9.94 Å². The lowest BCUT2D eigenvalue weighted by molar-refractivity contribution is -0.132. The first-order chi connectivity index (χ1) is 9.23. The van der Waals surface area contributed by atoms with Crippen molar-refractivity contribution in [3.63, 3.8) is 0 Å². The van der Waals surface area contributed by atoms with Crippen LogP contribution >= 0.6 is 0 Å². The number of carbonyl (C=O) groups excluding carboxylic acids is 1. The number of carbonyl (C=O) groups is 1. The van der Waals surface area contributed by atoms with Gasteiger partial charge in [0.25, 0.3) is 0 Å². The zero-order valence-corrected chi connectivity index (χ0v) is 13.8. The summed E-state index contributed by atoms with van der Waals surface area (Å²) in [5.41, 5.74) is 0. The average Bonchev–Trinajstić information content (AvgIpc) is 2.38. The van der Waals surface area contributed by atoms with E-state index in [0.717, 1.165) is 0 Å². The number of aliphatic hydroxyl groups is 1. The molecule has 0 saturated heterocycles. The molecule has 1 N–H and O–H groups in total. The summed E-state index contributed by atoms with van der Waals surface area (Å²) >= 11 is 0. The second-order valence-electron chi connectivity index (χ2n) is 5.78. The van der Waals surface area contributed by atoms with Gasteiger partial charge in [0.1, 0.15) is 6.61 Å². The lowest BCUT2D eigenvalue weighted by atomic mass is 9.89. The lowest BCUT2D eigenvalue weighted by Crippen LogP contribution is -2.53. The molecule has 5 nitrogen and oxygen atoms in total. The number of oxime groups is 1. The minimum absolute atomic E-state index is 0.0466. The molecule has 0 aromatic carbocycles. The summed E-state index contributed by atoms with van der Waals surface area (Å²) in [4.78, 5) is 19.2. The smallest absolute Gasteiger partial charge is 0.155 e. The van der Waals surface area contributed by atoms with Gasteiger partial charge >= 0.3 is 0 Å². The molecule has 0 aliphatic carbocycles. The molecule has 0 heterocycles. The van der Waals surface area contributed by atoms with E-state index in [1.54, 1.807) is 6.21 Å². The SMILES string of the molecule is CCON=C[C@@H](C)[C@@H](O)[C@@H](C(=O)C(C)C)N(C)C(C)C. The van der Waals surface area contributed by atoms with Crippen molar-refractivity contribution < 1.29 is 14.7 Å². The molecule has 3 atom stereocenters. The molecule has 0 aromatic rings. The van der Waals surface area contributed by atoms with Gasteiger partial charge in [-0.05, 0) is 27.8 Å². The highest BCUT2D eigenvalue weighted by molar-refractivity contribution is 5.86. The molecule has 0 saturated carbocycles. The number of rotatable bonds is 9. The standard InChI is InChI=1S/C15H30N2O3/c1-8-20-16-9-12(6)15(19)13(14(18)10(2)3)17(7)11(4)5/h9-13,15,19H,8H2,1-7H3/t12-,13-,15-/m1/s1. The summed E-state index contributed by atoms with van der Waals surface area (Å²) < 4.78 is 0. The van der Waals surface area contributed by atoms with Gasteiger partial charge in [0, 0.05) is 24.1 Å². The molecule has 5 heteroatoms. The number of hydrogen-bond acceptors (Lipinski definition) is 5. The summed E-state index contributed by atoms with van der Waals surface area (Å²) in [5.74, 6) is -0.326. The van der Waals surface area contributed by atoms with Crippen LogP contribution in [-0.2, 0) is 9.63 Å². The first-order valence-corrected chi connectivity index (χ1v) is 7.33. The molecule has 0 bridgehead atoms. The molecule has 0 radical (unpaired) electrons. The molecule has 0 rings (SSSR count). The molecule has 0 unspecified atom stereocenters. The molecule has 0 aliphatic rings. The number of hydrogen-bond donors (Lipinski definition) is 1. The van der Waals surface area contributed by atoms with Gasteiger partial charge in [0.15, 0.2) is 5.78 Å². The van der Waals surface area contributed by atoms with Gasteiger partial charge in [-0.15, -0.1) is 0 Å². The zero-order valence-electron chi connectivity index (χ0n) is 13.8. The number of aliphatic hydroxyl groups excluding tert-OH is 1. The van der Waals surface area contributed by atoms with Gasteiger partial charge in [-0.1, -0.05) is 25.9 Å². The normalized spacial score (nSPS) is 16.9. The van der Waals surface area contributed by atoms with Gasteiger partial charge in [-0.3, -0.25) is 9.69 Å². The minimum atomic E-state index is -0.804. The highest BCUT2D eigenvalue weighted by atomic mass is 16.6. The minimum Gasteiger partial charge on any atom is -0.396 e. The van der Waals surface area contributed by atoms with Crippen LogP contribution in [-0.4, -0.2) is 53.8 Å². The van der Waals surface area contributed by atoms with E-state index in [2.05, 4.69) is 5.16 Å². The Kier molecular flexibility index (Phi) is 8.65. The molecule has 0 amide bonds. The third-order valence-electron chi connectivity index (χ3n) is 3.48. The van der Waals surface area contributed by atoms with E-state index < -0.39 is 12.1 Å². The maximum atomic E-state index is 12.4. The van der Waals surface area contributed by atoms with Crippen LogP contribution in [0.5, 0.6) is 0 Å². The van der Waals surface area contributed by atoms with Crippen LogP contribution in [0.15, 0.2) is 5.16 Å². The van der Waals surface area contributed by atoms with Crippen molar-refractivity contribution in [1.29, 1.82) is 0 Å². The van der Waals surface area contributed by atoms with Gasteiger partial charge in [0.05, 0.1) is 12.1 Å². The Morgan fingerprint density at radius 3 is 2.25 bits per heavy atom. The second kappa shape index (κ2) is 9.08. The van der Waals surface area contributed by atoms with Crippen LogP contribution in [0.4, 0.5) is 0 Å². The average molecular weight is 286 g/mol. The van der Waals surface area contributed by atoms with E-state index in [1.165, 1.54) is 0 Å². The van der Waals surface area contributed by atoms with E-state index in [9.17, 15) is 9.90 Å². The fourth-order valence-corrected chi connectivity index (χ4v) is 1.86. The van der Waals surface area contributed by atoms with Crippen molar-refractivity contribution in [3.05, 3.63) is 0 Å². The molecule has 0 aromatic heterocycles. The number of nitrogens with zero attached hydrogens (tertiary/aromatic N) is 2. The molecule has 0 spiro atoms. The molecular formula is C15H30N2O3. The largest absolute Gasteiger partial charge is 0.396 e. The van der Waals surface area contributed by atoms with E-state index in [-0.39, 0.29) is 23.7 Å². The van der Waals surface area contributed by atoms with Crippen LogP contribution in [0.25, 0.3) is 0 Å². The first-order valence-electron chi connectivity index (χ1n) is 7.33. The van der Waals surface area contributed by atoms with Crippen LogP contribution < -0.4 is 0 Å². The predicted octanol–water partition coefficient (Wildman–Crippen LogP) is 1.94. The zero-order chi connectivity index (χ0) is 15.9. The third kappa shape index (κ3) is 5.59. The Morgan fingerprint density at radius 1 is 1.30 bits per heavy atom. The topological polar surface area (TPSA) is 62.1 Å². The predicted molar refractivity (Wildman–Crippen MR) is 81.8 cm³/mol. The Morgan fingerprint density at radius 2 is 1.85 bits per heavy atom. The maximum absolute atomic E-state index is 12.4. The van der Waals surface area contributed by atoms with E-state index in [1.807, 2.05) is 53.5 Å². The van der Waals surface area contributed by atoms with Crippen LogP contribution in [0.3, 0.4) is 0 Å². The Labute approximate surface area is 123 Å².